The highest BCUT2D eigenvalue weighted by Gasteiger charge is 2.14. The number of aryl methyl sites for hydroxylation is 2. The van der Waals surface area contributed by atoms with Crippen LogP contribution in [0.15, 0.2) is 41.6 Å². The molecule has 6 nitrogen and oxygen atoms in total. The minimum atomic E-state index is -0.185. The van der Waals surface area contributed by atoms with E-state index in [1.165, 1.54) is 12.5 Å². The van der Waals surface area contributed by atoms with Gasteiger partial charge in [0.2, 0.25) is 0 Å². The lowest BCUT2D eigenvalue weighted by Gasteiger charge is -2.13. The minimum absolute atomic E-state index is 0.185. The van der Waals surface area contributed by atoms with Crippen molar-refractivity contribution in [2.75, 3.05) is 0 Å². The first kappa shape index (κ1) is 13.9. The third kappa shape index (κ3) is 2.03. The van der Waals surface area contributed by atoms with Crippen LogP contribution in [0.5, 0.6) is 0 Å². The van der Waals surface area contributed by atoms with Crippen LogP contribution < -0.4 is 5.56 Å². The molecule has 0 amide bonds. The molecule has 1 aromatic carbocycles. The van der Waals surface area contributed by atoms with Gasteiger partial charge in [0, 0.05) is 11.9 Å². The number of nitrogens with zero attached hydrogens (tertiary/aromatic N) is 5. The van der Waals surface area contributed by atoms with Crippen LogP contribution in [0.2, 0.25) is 5.02 Å². The van der Waals surface area contributed by atoms with Crippen molar-refractivity contribution in [3.8, 4) is 5.69 Å². The predicted molar refractivity (Wildman–Crippen MR) is 88.4 cm³/mol. The molecule has 0 fully saturated rings. The summed E-state index contributed by atoms with van der Waals surface area (Å²) in [7, 11) is 0. The Morgan fingerprint density at radius 1 is 1.13 bits per heavy atom. The number of rotatable bonds is 1. The highest BCUT2D eigenvalue weighted by Crippen LogP contribution is 2.23. The van der Waals surface area contributed by atoms with Gasteiger partial charge in [0.1, 0.15) is 6.33 Å². The van der Waals surface area contributed by atoms with E-state index in [2.05, 4.69) is 15.1 Å². The second kappa shape index (κ2) is 4.89. The van der Waals surface area contributed by atoms with Crippen LogP contribution in [0.25, 0.3) is 22.4 Å². The van der Waals surface area contributed by atoms with Crippen molar-refractivity contribution in [1.29, 1.82) is 0 Å². The molecule has 0 aliphatic carbocycles. The van der Waals surface area contributed by atoms with Gasteiger partial charge in [-0.05, 0) is 37.6 Å². The average molecular weight is 326 g/mol. The first-order chi connectivity index (χ1) is 11.1. The van der Waals surface area contributed by atoms with Crippen LogP contribution in [-0.2, 0) is 0 Å². The van der Waals surface area contributed by atoms with E-state index in [0.29, 0.717) is 27.4 Å². The normalized spacial score (nSPS) is 11.4. The van der Waals surface area contributed by atoms with Crippen LogP contribution in [0.3, 0.4) is 0 Å². The average Bonchev–Trinajstić information content (AvgIpc) is 2.98. The zero-order valence-corrected chi connectivity index (χ0v) is 13.2. The number of pyridine rings is 1. The van der Waals surface area contributed by atoms with Crippen LogP contribution in [-0.4, -0.2) is 24.1 Å². The highest BCUT2D eigenvalue weighted by atomic mass is 35.5. The molecule has 3 aromatic heterocycles. The molecule has 0 saturated carbocycles. The summed E-state index contributed by atoms with van der Waals surface area (Å²) in [5, 5.41) is 5.12. The minimum Gasteiger partial charge on any atom is -0.279 e. The van der Waals surface area contributed by atoms with Crippen molar-refractivity contribution in [3.05, 3.63) is 63.4 Å². The Balaban J connectivity index is 2.12. The number of halogens is 1. The Morgan fingerprint density at radius 2 is 1.96 bits per heavy atom. The lowest BCUT2D eigenvalue weighted by molar-refractivity contribution is 0.926. The molecule has 7 heteroatoms. The van der Waals surface area contributed by atoms with E-state index in [1.54, 1.807) is 9.08 Å². The SMILES string of the molecule is Cc1ccc(-n2c(C)cc3c(cnc4ncnn43)c2=O)c(Cl)c1. The van der Waals surface area contributed by atoms with Gasteiger partial charge in [-0.25, -0.2) is 4.98 Å². The first-order valence-electron chi connectivity index (χ1n) is 7.04. The summed E-state index contributed by atoms with van der Waals surface area (Å²) >= 11 is 6.33. The molecule has 0 unspecified atom stereocenters. The fraction of sp³-hybridized carbons (Fsp3) is 0.125. The Hall–Kier alpha value is -2.73. The molecule has 0 bridgehead atoms. The second-order valence-corrected chi connectivity index (χ2v) is 5.82. The standard InChI is InChI=1S/C16H12ClN5O/c1-9-3-4-13(12(17)5-9)21-10(2)6-14-11(15(21)23)7-18-16-19-8-20-22(14)16/h3-8H,1-2H3. The highest BCUT2D eigenvalue weighted by molar-refractivity contribution is 6.32. The Labute approximate surface area is 136 Å². The van der Waals surface area contributed by atoms with Crippen molar-refractivity contribution < 1.29 is 0 Å². The summed E-state index contributed by atoms with van der Waals surface area (Å²) < 4.78 is 3.15. The summed E-state index contributed by atoms with van der Waals surface area (Å²) in [6.45, 7) is 3.82. The van der Waals surface area contributed by atoms with E-state index in [4.69, 9.17) is 11.6 Å². The van der Waals surface area contributed by atoms with Gasteiger partial charge in [0.15, 0.2) is 0 Å². The predicted octanol–water partition coefficient (Wildman–Crippen LogP) is 2.70. The molecule has 0 aliphatic heterocycles. The van der Waals surface area contributed by atoms with Crippen molar-refractivity contribution in [1.82, 2.24) is 24.1 Å². The van der Waals surface area contributed by atoms with E-state index >= 15 is 0 Å². The lowest BCUT2D eigenvalue weighted by Crippen LogP contribution is -2.22. The van der Waals surface area contributed by atoms with Gasteiger partial charge in [0.25, 0.3) is 11.3 Å². The maximum Gasteiger partial charge on any atom is 0.266 e. The Kier molecular flexibility index (Phi) is 2.96. The molecule has 4 rings (SSSR count). The molecular formula is C16H12ClN5O. The number of hydrogen-bond donors (Lipinski definition) is 0. The number of fused-ring (bicyclic) bond motifs is 3. The largest absolute Gasteiger partial charge is 0.279 e. The molecule has 0 saturated heterocycles. The van der Waals surface area contributed by atoms with E-state index in [1.807, 2.05) is 38.1 Å². The number of benzene rings is 1. The van der Waals surface area contributed by atoms with Crippen LogP contribution in [0, 0.1) is 13.8 Å². The first-order valence-corrected chi connectivity index (χ1v) is 7.41. The molecule has 0 radical (unpaired) electrons. The fourth-order valence-corrected chi connectivity index (χ4v) is 3.05. The third-order valence-corrected chi connectivity index (χ3v) is 4.12. The van der Waals surface area contributed by atoms with Crippen molar-refractivity contribution in [2.45, 2.75) is 13.8 Å². The summed E-state index contributed by atoms with van der Waals surface area (Å²) in [4.78, 5) is 21.2. The van der Waals surface area contributed by atoms with Gasteiger partial charge in [-0.1, -0.05) is 17.7 Å². The van der Waals surface area contributed by atoms with Gasteiger partial charge in [-0.15, -0.1) is 0 Å². The summed E-state index contributed by atoms with van der Waals surface area (Å²) in [6.07, 6.45) is 2.94. The van der Waals surface area contributed by atoms with Crippen molar-refractivity contribution >= 4 is 28.3 Å². The Bertz CT molecular complexity index is 1130. The van der Waals surface area contributed by atoms with Gasteiger partial charge < -0.3 is 0 Å². The third-order valence-electron chi connectivity index (χ3n) is 3.82. The zero-order chi connectivity index (χ0) is 16.1. The van der Waals surface area contributed by atoms with Crippen LogP contribution in [0.4, 0.5) is 0 Å². The van der Waals surface area contributed by atoms with Gasteiger partial charge >= 0.3 is 0 Å². The van der Waals surface area contributed by atoms with E-state index in [-0.39, 0.29) is 5.56 Å². The topological polar surface area (TPSA) is 65.1 Å². The summed E-state index contributed by atoms with van der Waals surface area (Å²) in [5.41, 5.74) is 2.94. The summed E-state index contributed by atoms with van der Waals surface area (Å²) in [6, 6.07) is 7.50. The van der Waals surface area contributed by atoms with Crippen LogP contribution >= 0.6 is 11.6 Å². The van der Waals surface area contributed by atoms with Crippen molar-refractivity contribution in [3.63, 3.8) is 0 Å². The van der Waals surface area contributed by atoms with Gasteiger partial charge in [-0.3, -0.25) is 9.36 Å². The molecule has 23 heavy (non-hydrogen) atoms. The molecule has 3 heterocycles. The second-order valence-electron chi connectivity index (χ2n) is 5.41. The zero-order valence-electron chi connectivity index (χ0n) is 12.5. The smallest absolute Gasteiger partial charge is 0.266 e. The van der Waals surface area contributed by atoms with Gasteiger partial charge in [0.05, 0.1) is 21.6 Å². The molecule has 0 aliphatic rings. The van der Waals surface area contributed by atoms with Crippen molar-refractivity contribution in [2.24, 2.45) is 0 Å². The number of hydrogen-bond acceptors (Lipinski definition) is 4. The van der Waals surface area contributed by atoms with Gasteiger partial charge in [-0.2, -0.15) is 14.6 Å². The molecule has 0 atom stereocenters. The Morgan fingerprint density at radius 3 is 2.74 bits per heavy atom. The van der Waals surface area contributed by atoms with E-state index in [0.717, 1.165) is 11.3 Å². The molecular weight excluding hydrogens is 314 g/mol. The molecule has 114 valence electrons. The van der Waals surface area contributed by atoms with E-state index < -0.39 is 0 Å². The molecule has 0 N–H and O–H groups in total. The molecule has 0 spiro atoms. The maximum absolute atomic E-state index is 13.0. The van der Waals surface area contributed by atoms with E-state index in [9.17, 15) is 4.79 Å². The fourth-order valence-electron chi connectivity index (χ4n) is 2.74. The monoisotopic (exact) mass is 325 g/mol. The number of aromatic nitrogens is 5. The maximum atomic E-state index is 13.0. The quantitative estimate of drug-likeness (QED) is 0.539. The summed E-state index contributed by atoms with van der Waals surface area (Å²) in [5.74, 6) is 0.461. The molecule has 4 aromatic rings. The van der Waals surface area contributed by atoms with Crippen LogP contribution in [0.1, 0.15) is 11.3 Å². The lowest BCUT2D eigenvalue weighted by atomic mass is 10.2.